The van der Waals surface area contributed by atoms with Gasteiger partial charge in [0.05, 0.1) is 11.5 Å². The first-order valence-electron chi connectivity index (χ1n) is 13.3. The first-order chi connectivity index (χ1) is 19.9. The van der Waals surface area contributed by atoms with Gasteiger partial charge in [0.2, 0.25) is 11.8 Å². The largest absolute Gasteiger partial charge is 1.00 e. The van der Waals surface area contributed by atoms with Crippen molar-refractivity contribution in [2.75, 3.05) is 11.9 Å². The number of hydrogen-bond acceptors (Lipinski definition) is 8. The second kappa shape index (κ2) is 14.5. The monoisotopic (exact) mass is 617 g/mol. The Hall–Kier alpha value is -3.26. The van der Waals surface area contributed by atoms with Crippen LogP contribution in [-0.2, 0) is 31.1 Å². The molecule has 2 unspecified atom stereocenters. The van der Waals surface area contributed by atoms with Crippen molar-refractivity contribution in [3.8, 4) is 11.1 Å². The fourth-order valence-corrected chi connectivity index (χ4v) is 5.64. The standard InChI is InChI=1S/C30H33N3O8S.Na/c1-17(2)27(29(36)31-18(3)28(35)32-20-13-12-19(15-34)26(14-20)42(38,39)40)33-30(37)41-16-25-23-10-6-4-8-21(23)22-9-5-7-11-24(22)25;/h4-14,17-18,25,27,34H,15-16H2,1-3H3,(H,31,36)(H,32,35)(H,33,37)(H,38,39,40);/q;+1/p-1. The maximum Gasteiger partial charge on any atom is 1.00 e. The molecule has 4 rings (SSSR count). The van der Waals surface area contributed by atoms with Crippen LogP contribution in [0.3, 0.4) is 0 Å². The molecule has 0 radical (unpaired) electrons. The third-order valence-electron chi connectivity index (χ3n) is 7.09. The number of carbonyl (C=O) groups is 3. The molecule has 0 saturated carbocycles. The third-order valence-corrected chi connectivity index (χ3v) is 8.01. The third kappa shape index (κ3) is 8.02. The van der Waals surface area contributed by atoms with E-state index < -0.39 is 51.6 Å². The molecule has 0 saturated heterocycles. The van der Waals surface area contributed by atoms with Gasteiger partial charge < -0.3 is 30.3 Å². The minimum absolute atomic E-state index is 0. The maximum atomic E-state index is 13.0. The number of amides is 3. The van der Waals surface area contributed by atoms with E-state index in [4.69, 9.17) is 4.74 Å². The van der Waals surface area contributed by atoms with Gasteiger partial charge in [0.1, 0.15) is 28.8 Å². The minimum atomic E-state index is -4.90. The molecule has 1 aliphatic carbocycles. The van der Waals surface area contributed by atoms with Gasteiger partial charge in [-0.3, -0.25) is 9.59 Å². The summed E-state index contributed by atoms with van der Waals surface area (Å²) in [6, 6.07) is 17.2. The summed E-state index contributed by atoms with van der Waals surface area (Å²) in [6.45, 7) is 4.26. The van der Waals surface area contributed by atoms with Crippen LogP contribution in [0.25, 0.3) is 11.1 Å². The fraction of sp³-hybridized carbons (Fsp3) is 0.300. The molecule has 11 nitrogen and oxygen atoms in total. The van der Waals surface area contributed by atoms with Crippen LogP contribution in [0.15, 0.2) is 71.6 Å². The second-order valence-electron chi connectivity index (χ2n) is 10.3. The molecule has 0 aliphatic heterocycles. The number of hydrogen-bond donors (Lipinski definition) is 4. The zero-order valence-electron chi connectivity index (χ0n) is 24.3. The Bertz CT molecular complexity index is 1570. The number of alkyl carbamates (subject to hydrolysis) is 1. The van der Waals surface area contributed by atoms with Crippen LogP contribution in [0.1, 0.15) is 43.4 Å². The predicted octanol–water partition coefficient (Wildman–Crippen LogP) is 0.0935. The van der Waals surface area contributed by atoms with Crippen LogP contribution in [0, 0.1) is 5.92 Å². The topological polar surface area (TPSA) is 174 Å². The summed E-state index contributed by atoms with van der Waals surface area (Å²) in [5, 5.41) is 16.9. The summed E-state index contributed by atoms with van der Waals surface area (Å²) in [5.41, 5.74) is 4.16. The molecule has 0 spiro atoms. The van der Waals surface area contributed by atoms with Crippen molar-refractivity contribution >= 4 is 33.7 Å². The van der Waals surface area contributed by atoms with Gasteiger partial charge in [0.25, 0.3) is 0 Å². The van der Waals surface area contributed by atoms with Gasteiger partial charge in [-0.05, 0) is 52.8 Å². The Labute approximate surface area is 272 Å². The number of benzene rings is 3. The predicted molar refractivity (Wildman–Crippen MR) is 153 cm³/mol. The van der Waals surface area contributed by atoms with Gasteiger partial charge in [0, 0.05) is 11.6 Å². The normalized spacial score (nSPS) is 13.6. The van der Waals surface area contributed by atoms with Crippen molar-refractivity contribution in [3.05, 3.63) is 83.4 Å². The molecule has 2 atom stereocenters. The number of ether oxygens (including phenoxy) is 1. The zero-order chi connectivity index (χ0) is 30.6. The Morgan fingerprint density at radius 2 is 1.49 bits per heavy atom. The minimum Gasteiger partial charge on any atom is -0.744 e. The van der Waals surface area contributed by atoms with Crippen molar-refractivity contribution in [1.82, 2.24) is 10.6 Å². The average Bonchev–Trinajstić information content (AvgIpc) is 3.27. The van der Waals surface area contributed by atoms with Gasteiger partial charge >= 0.3 is 35.7 Å². The SMILES string of the molecule is CC(NC(=O)C(NC(=O)OCC1c2ccccc2-c2ccccc21)C(C)C)C(=O)Nc1ccc(CO)c(S(=O)(=O)[O-])c1.[Na+]. The number of aliphatic hydroxyl groups excluding tert-OH is 1. The van der Waals surface area contributed by atoms with Crippen LogP contribution in [-0.4, -0.2) is 54.7 Å². The summed E-state index contributed by atoms with van der Waals surface area (Å²) in [6.07, 6.45) is -0.779. The molecule has 43 heavy (non-hydrogen) atoms. The molecule has 0 aromatic heterocycles. The quantitative estimate of drug-likeness (QED) is 0.183. The second-order valence-corrected chi connectivity index (χ2v) is 11.7. The van der Waals surface area contributed by atoms with E-state index in [2.05, 4.69) is 16.0 Å². The number of nitrogens with one attached hydrogen (secondary N) is 3. The van der Waals surface area contributed by atoms with Gasteiger partial charge in [-0.25, -0.2) is 13.2 Å². The Morgan fingerprint density at radius 3 is 2.02 bits per heavy atom. The summed E-state index contributed by atoms with van der Waals surface area (Å²) in [4.78, 5) is 37.9. The van der Waals surface area contributed by atoms with Crippen molar-refractivity contribution in [2.45, 2.75) is 50.3 Å². The van der Waals surface area contributed by atoms with E-state index in [-0.39, 0.29) is 59.3 Å². The number of carbonyl (C=O) groups excluding carboxylic acids is 3. The number of fused-ring (bicyclic) bond motifs is 3. The van der Waals surface area contributed by atoms with Crippen molar-refractivity contribution < 1.29 is 66.8 Å². The molecular formula is C30H32N3NaO8S. The Kier molecular flexibility index (Phi) is 11.5. The van der Waals surface area contributed by atoms with Crippen LogP contribution < -0.4 is 45.5 Å². The van der Waals surface area contributed by atoms with E-state index in [0.29, 0.717) is 0 Å². The summed E-state index contributed by atoms with van der Waals surface area (Å²) < 4.78 is 40.1. The molecule has 1 aliphatic rings. The van der Waals surface area contributed by atoms with Gasteiger partial charge in [0.15, 0.2) is 0 Å². The Balaban J connectivity index is 0.00000506. The number of rotatable bonds is 10. The molecule has 0 heterocycles. The van der Waals surface area contributed by atoms with Gasteiger partial charge in [-0.15, -0.1) is 0 Å². The molecule has 3 aromatic carbocycles. The van der Waals surface area contributed by atoms with Crippen LogP contribution in [0.4, 0.5) is 10.5 Å². The van der Waals surface area contributed by atoms with E-state index in [1.165, 1.54) is 19.1 Å². The maximum absolute atomic E-state index is 13.0. The molecule has 0 bridgehead atoms. The Morgan fingerprint density at radius 1 is 0.907 bits per heavy atom. The van der Waals surface area contributed by atoms with Crippen molar-refractivity contribution in [1.29, 1.82) is 0 Å². The van der Waals surface area contributed by atoms with Crippen molar-refractivity contribution in [2.24, 2.45) is 5.92 Å². The van der Waals surface area contributed by atoms with E-state index in [9.17, 15) is 32.5 Å². The van der Waals surface area contributed by atoms with E-state index in [0.717, 1.165) is 28.3 Å². The molecule has 3 aromatic rings. The first-order valence-corrected chi connectivity index (χ1v) is 14.7. The van der Waals surface area contributed by atoms with Crippen molar-refractivity contribution in [3.63, 3.8) is 0 Å². The number of aliphatic hydroxyl groups is 1. The van der Waals surface area contributed by atoms with Gasteiger partial charge in [-0.1, -0.05) is 68.4 Å². The van der Waals surface area contributed by atoms with Crippen LogP contribution in [0.2, 0.25) is 0 Å². The van der Waals surface area contributed by atoms with E-state index in [1.807, 2.05) is 48.5 Å². The zero-order valence-corrected chi connectivity index (χ0v) is 27.1. The molecule has 3 amide bonds. The smallest absolute Gasteiger partial charge is 0.744 e. The van der Waals surface area contributed by atoms with Crippen LogP contribution in [0.5, 0.6) is 0 Å². The summed E-state index contributed by atoms with van der Waals surface area (Å²) >= 11 is 0. The van der Waals surface area contributed by atoms with E-state index in [1.54, 1.807) is 13.8 Å². The molecular weight excluding hydrogens is 585 g/mol. The summed E-state index contributed by atoms with van der Waals surface area (Å²) in [7, 11) is -4.90. The number of anilines is 1. The molecule has 13 heteroatoms. The van der Waals surface area contributed by atoms with Gasteiger partial charge in [-0.2, -0.15) is 0 Å². The summed E-state index contributed by atoms with van der Waals surface area (Å²) in [5.74, 6) is -1.82. The fourth-order valence-electron chi connectivity index (χ4n) is 4.92. The van der Waals surface area contributed by atoms with Crippen LogP contribution >= 0.6 is 0 Å². The molecule has 0 fully saturated rings. The average molecular weight is 618 g/mol. The molecule has 4 N–H and O–H groups in total. The van der Waals surface area contributed by atoms with E-state index >= 15 is 0 Å². The first kappa shape index (κ1) is 34.2. The molecule has 222 valence electrons.